The molecule has 1 heterocycles. The number of carbonyl (C=O) groups excluding carboxylic acids is 1. The van der Waals surface area contributed by atoms with Crippen molar-refractivity contribution in [2.24, 2.45) is 4.99 Å². The molecule has 3 aromatic rings. The first-order valence-corrected chi connectivity index (χ1v) is 10.9. The van der Waals surface area contributed by atoms with Gasteiger partial charge in [-0.25, -0.2) is 4.99 Å². The molecule has 0 radical (unpaired) electrons. The zero-order valence-electron chi connectivity index (χ0n) is 18.9. The summed E-state index contributed by atoms with van der Waals surface area (Å²) in [5.74, 6) is 2.40. The van der Waals surface area contributed by atoms with E-state index in [4.69, 9.17) is 19.2 Å². The quantitative estimate of drug-likeness (QED) is 0.443. The van der Waals surface area contributed by atoms with E-state index < -0.39 is 0 Å². The van der Waals surface area contributed by atoms with Crippen molar-refractivity contribution in [1.82, 2.24) is 0 Å². The maximum Gasteiger partial charge on any atom is 0.282 e. The Balaban J connectivity index is 1.75. The lowest BCUT2D eigenvalue weighted by molar-refractivity contribution is -0.113. The molecule has 3 aromatic carbocycles. The maximum atomic E-state index is 13.5. The first-order valence-electron chi connectivity index (χ1n) is 10.9. The number of rotatable bonds is 8. The van der Waals surface area contributed by atoms with Crippen molar-refractivity contribution in [3.8, 4) is 17.2 Å². The van der Waals surface area contributed by atoms with Crippen LogP contribution in [0.5, 0.6) is 17.2 Å². The summed E-state index contributed by atoms with van der Waals surface area (Å²) >= 11 is 0. The molecule has 0 unspecified atom stereocenters. The minimum absolute atomic E-state index is 0.203. The van der Waals surface area contributed by atoms with Gasteiger partial charge in [0, 0.05) is 5.56 Å². The standard InChI is InChI=1S/C27H26N2O4/c1-4-32-24-16-11-19(18-25(24)33-5-2)17-23-27(30)29(21-12-14-22(31-3)15-13-21)26(28-23)20-9-7-6-8-10-20/h6-18H,4-5H2,1-3H3/b23-17-. The molecule has 0 N–H and O–H groups in total. The highest BCUT2D eigenvalue weighted by Gasteiger charge is 2.32. The van der Waals surface area contributed by atoms with Crippen molar-refractivity contribution < 1.29 is 19.0 Å². The van der Waals surface area contributed by atoms with Crippen LogP contribution in [0.1, 0.15) is 25.0 Å². The van der Waals surface area contributed by atoms with Gasteiger partial charge in [-0.15, -0.1) is 0 Å². The number of benzene rings is 3. The second kappa shape index (κ2) is 10.0. The van der Waals surface area contributed by atoms with Crippen LogP contribution < -0.4 is 19.1 Å². The second-order valence-electron chi connectivity index (χ2n) is 7.24. The Morgan fingerprint density at radius 1 is 0.879 bits per heavy atom. The van der Waals surface area contributed by atoms with E-state index in [1.54, 1.807) is 18.1 Å². The third-order valence-corrected chi connectivity index (χ3v) is 5.09. The molecular weight excluding hydrogens is 416 g/mol. The number of aliphatic imine (C=N–C) groups is 1. The molecule has 0 saturated heterocycles. The van der Waals surface area contributed by atoms with E-state index >= 15 is 0 Å². The molecule has 0 spiro atoms. The van der Waals surface area contributed by atoms with Crippen molar-refractivity contribution in [2.45, 2.75) is 13.8 Å². The SMILES string of the molecule is CCOc1ccc(/C=C2\N=C(c3ccccc3)N(c3ccc(OC)cc3)C2=O)cc1OCC. The molecule has 0 aromatic heterocycles. The van der Waals surface area contributed by atoms with Crippen LogP contribution in [-0.2, 0) is 4.79 Å². The van der Waals surface area contributed by atoms with Crippen LogP contribution >= 0.6 is 0 Å². The smallest absolute Gasteiger partial charge is 0.282 e. The van der Waals surface area contributed by atoms with Crippen molar-refractivity contribution in [2.75, 3.05) is 25.2 Å². The highest BCUT2D eigenvalue weighted by molar-refractivity contribution is 6.33. The molecule has 0 aliphatic carbocycles. The highest BCUT2D eigenvalue weighted by Crippen LogP contribution is 2.32. The maximum absolute atomic E-state index is 13.5. The fourth-order valence-corrected chi connectivity index (χ4v) is 3.58. The van der Waals surface area contributed by atoms with Gasteiger partial charge in [0.15, 0.2) is 11.5 Å². The van der Waals surface area contributed by atoms with E-state index in [0.29, 0.717) is 41.9 Å². The minimum atomic E-state index is -0.203. The van der Waals surface area contributed by atoms with E-state index in [0.717, 1.165) is 16.9 Å². The number of ether oxygens (including phenoxy) is 3. The molecule has 6 heteroatoms. The molecular formula is C27H26N2O4. The van der Waals surface area contributed by atoms with Gasteiger partial charge in [0.1, 0.15) is 17.3 Å². The number of amides is 1. The van der Waals surface area contributed by atoms with Crippen LogP contribution in [0.2, 0.25) is 0 Å². The first-order chi connectivity index (χ1) is 16.1. The van der Waals surface area contributed by atoms with E-state index in [1.165, 1.54) is 0 Å². The molecule has 4 rings (SSSR count). The predicted octanol–water partition coefficient (Wildman–Crippen LogP) is 5.33. The van der Waals surface area contributed by atoms with Crippen LogP contribution in [0.15, 0.2) is 83.5 Å². The fourth-order valence-electron chi connectivity index (χ4n) is 3.58. The molecule has 33 heavy (non-hydrogen) atoms. The summed E-state index contributed by atoms with van der Waals surface area (Å²) in [6.45, 7) is 4.90. The minimum Gasteiger partial charge on any atom is -0.497 e. The Kier molecular flexibility index (Phi) is 6.74. The second-order valence-corrected chi connectivity index (χ2v) is 7.24. The average Bonchev–Trinajstić information content (AvgIpc) is 3.17. The molecule has 1 aliphatic heterocycles. The number of hydrogen-bond acceptors (Lipinski definition) is 5. The Bertz CT molecular complexity index is 1180. The lowest BCUT2D eigenvalue weighted by atomic mass is 10.1. The highest BCUT2D eigenvalue weighted by atomic mass is 16.5. The summed E-state index contributed by atoms with van der Waals surface area (Å²) in [6.07, 6.45) is 1.77. The van der Waals surface area contributed by atoms with E-state index in [9.17, 15) is 4.79 Å². The van der Waals surface area contributed by atoms with Crippen LogP contribution in [0, 0.1) is 0 Å². The van der Waals surface area contributed by atoms with Gasteiger partial charge in [-0.3, -0.25) is 9.69 Å². The Morgan fingerprint density at radius 2 is 1.58 bits per heavy atom. The molecule has 0 bridgehead atoms. The van der Waals surface area contributed by atoms with E-state index in [2.05, 4.69) is 0 Å². The predicted molar refractivity (Wildman–Crippen MR) is 130 cm³/mol. The molecule has 168 valence electrons. The van der Waals surface area contributed by atoms with Crippen molar-refractivity contribution in [3.05, 3.63) is 89.6 Å². The van der Waals surface area contributed by atoms with Crippen LogP contribution in [0.4, 0.5) is 5.69 Å². The normalized spacial score (nSPS) is 14.4. The zero-order valence-corrected chi connectivity index (χ0v) is 18.9. The number of hydrogen-bond donors (Lipinski definition) is 0. The number of amidine groups is 1. The van der Waals surface area contributed by atoms with Gasteiger partial charge in [-0.2, -0.15) is 0 Å². The van der Waals surface area contributed by atoms with Gasteiger partial charge in [-0.1, -0.05) is 36.4 Å². The summed E-state index contributed by atoms with van der Waals surface area (Å²) in [5.41, 5.74) is 2.72. The molecule has 1 amide bonds. The number of anilines is 1. The Morgan fingerprint density at radius 3 is 2.24 bits per heavy atom. The van der Waals surface area contributed by atoms with Crippen molar-refractivity contribution in [1.29, 1.82) is 0 Å². The summed E-state index contributed by atoms with van der Waals surface area (Å²) in [7, 11) is 1.61. The largest absolute Gasteiger partial charge is 0.497 e. The van der Waals surface area contributed by atoms with Crippen molar-refractivity contribution in [3.63, 3.8) is 0 Å². The van der Waals surface area contributed by atoms with Gasteiger partial charge >= 0.3 is 0 Å². The first kappa shape index (κ1) is 22.1. The molecule has 1 aliphatic rings. The monoisotopic (exact) mass is 442 g/mol. The molecule has 0 fully saturated rings. The van der Waals surface area contributed by atoms with Crippen LogP contribution in [-0.4, -0.2) is 32.1 Å². The van der Waals surface area contributed by atoms with Crippen LogP contribution in [0.25, 0.3) is 6.08 Å². The Hall–Kier alpha value is -4.06. The van der Waals surface area contributed by atoms with Crippen LogP contribution in [0.3, 0.4) is 0 Å². The van der Waals surface area contributed by atoms with E-state index in [-0.39, 0.29) is 5.91 Å². The number of methoxy groups -OCH3 is 1. The van der Waals surface area contributed by atoms with Gasteiger partial charge < -0.3 is 14.2 Å². The zero-order chi connectivity index (χ0) is 23.2. The summed E-state index contributed by atoms with van der Waals surface area (Å²) in [6, 6.07) is 22.6. The van der Waals surface area contributed by atoms with Gasteiger partial charge in [0.25, 0.3) is 5.91 Å². The lowest BCUT2D eigenvalue weighted by Crippen LogP contribution is -2.32. The van der Waals surface area contributed by atoms with E-state index in [1.807, 2.05) is 86.6 Å². The van der Waals surface area contributed by atoms with Crippen molar-refractivity contribution >= 4 is 23.5 Å². The molecule has 0 atom stereocenters. The summed E-state index contributed by atoms with van der Waals surface area (Å²) in [5, 5.41) is 0. The summed E-state index contributed by atoms with van der Waals surface area (Å²) in [4.78, 5) is 19.8. The fraction of sp³-hybridized carbons (Fsp3) is 0.185. The lowest BCUT2D eigenvalue weighted by Gasteiger charge is -2.18. The number of carbonyl (C=O) groups is 1. The third-order valence-electron chi connectivity index (χ3n) is 5.09. The topological polar surface area (TPSA) is 60.4 Å². The third kappa shape index (κ3) is 4.75. The molecule has 0 saturated carbocycles. The summed E-state index contributed by atoms with van der Waals surface area (Å²) < 4.78 is 16.6. The Labute approximate surface area is 193 Å². The number of nitrogens with zero attached hydrogens (tertiary/aromatic N) is 2. The van der Waals surface area contributed by atoms with Gasteiger partial charge in [-0.05, 0) is 61.9 Å². The average molecular weight is 443 g/mol. The van der Waals surface area contributed by atoms with Gasteiger partial charge in [0.2, 0.25) is 0 Å². The molecule has 6 nitrogen and oxygen atoms in total. The van der Waals surface area contributed by atoms with Gasteiger partial charge in [0.05, 0.1) is 26.0 Å².